The highest BCUT2D eigenvalue weighted by Gasteiger charge is 2.35. The van der Waals surface area contributed by atoms with Crippen molar-refractivity contribution in [3.63, 3.8) is 0 Å². The number of carbonyl (C=O) groups is 1. The van der Waals surface area contributed by atoms with E-state index in [4.69, 9.17) is 10.1 Å². The van der Waals surface area contributed by atoms with Crippen molar-refractivity contribution in [2.45, 2.75) is 32.6 Å². The predicted molar refractivity (Wildman–Crippen MR) is 110 cm³/mol. The lowest BCUT2D eigenvalue weighted by atomic mass is 10.1. The van der Waals surface area contributed by atoms with Crippen LogP contribution in [0.1, 0.15) is 38.2 Å². The predicted octanol–water partition coefficient (Wildman–Crippen LogP) is 4.66. The topological polar surface area (TPSA) is 78.1 Å². The Morgan fingerprint density at radius 3 is 2.88 bits per heavy atom. The van der Waals surface area contributed by atoms with E-state index >= 15 is 0 Å². The Morgan fingerprint density at radius 2 is 2.19 bits per heavy atom. The molecule has 26 heavy (non-hydrogen) atoms. The van der Waals surface area contributed by atoms with Gasteiger partial charge in [-0.05, 0) is 64.3 Å². The summed E-state index contributed by atoms with van der Waals surface area (Å²) in [7, 11) is 1.59. The van der Waals surface area contributed by atoms with Crippen molar-refractivity contribution in [3.05, 3.63) is 33.8 Å². The fraction of sp³-hybridized carbons (Fsp3) is 0.333. The van der Waals surface area contributed by atoms with Gasteiger partial charge in [0, 0.05) is 0 Å². The number of thioether (sulfide) groups is 1. The summed E-state index contributed by atoms with van der Waals surface area (Å²) < 4.78 is 5.99. The van der Waals surface area contributed by atoms with Crippen LogP contribution < -0.4 is 4.74 Å². The van der Waals surface area contributed by atoms with Crippen LogP contribution in [0.3, 0.4) is 0 Å². The standard InChI is InChI=1S/C18H19BrN4O2S/c1-3-4-5-6-15-22-23-16(20)12(17(24)21-18(23)26-15)9-11-7-8-14(25-2)13(19)10-11/h7-10,20H,3-6H2,1-2H3/b12-9-,20-16?. The molecule has 6 nitrogen and oxygen atoms in total. The molecule has 0 saturated carbocycles. The van der Waals surface area contributed by atoms with E-state index in [0.717, 1.165) is 40.8 Å². The molecule has 8 heteroatoms. The average Bonchev–Trinajstić information content (AvgIpc) is 3.02. The van der Waals surface area contributed by atoms with Gasteiger partial charge in [-0.3, -0.25) is 10.2 Å². The third-order valence-electron chi connectivity index (χ3n) is 3.98. The van der Waals surface area contributed by atoms with Gasteiger partial charge < -0.3 is 4.74 Å². The van der Waals surface area contributed by atoms with E-state index < -0.39 is 5.91 Å². The summed E-state index contributed by atoms with van der Waals surface area (Å²) in [6.07, 6.45) is 5.83. The minimum atomic E-state index is -0.411. The quantitative estimate of drug-likeness (QED) is 0.521. The number of ether oxygens (including phenoxy) is 1. The van der Waals surface area contributed by atoms with Gasteiger partial charge in [-0.2, -0.15) is 15.1 Å². The highest BCUT2D eigenvalue weighted by Crippen LogP contribution is 2.31. The number of hydrazone groups is 1. The van der Waals surface area contributed by atoms with E-state index in [0.29, 0.717) is 10.9 Å². The van der Waals surface area contributed by atoms with E-state index in [9.17, 15) is 4.79 Å². The first-order valence-corrected chi connectivity index (χ1v) is 9.97. The molecule has 0 aliphatic carbocycles. The van der Waals surface area contributed by atoms with Crippen LogP contribution in [0, 0.1) is 5.41 Å². The van der Waals surface area contributed by atoms with Crippen molar-refractivity contribution >= 4 is 55.7 Å². The number of amidine groups is 2. The maximum atomic E-state index is 12.4. The molecule has 1 N–H and O–H groups in total. The molecule has 2 heterocycles. The Kier molecular flexibility index (Phi) is 5.93. The van der Waals surface area contributed by atoms with Crippen LogP contribution >= 0.6 is 27.7 Å². The Labute approximate surface area is 165 Å². The van der Waals surface area contributed by atoms with Gasteiger partial charge >= 0.3 is 0 Å². The molecule has 0 radical (unpaired) electrons. The van der Waals surface area contributed by atoms with E-state index in [2.05, 4.69) is 32.9 Å². The lowest BCUT2D eigenvalue weighted by molar-refractivity contribution is -0.114. The van der Waals surface area contributed by atoms with Gasteiger partial charge in [0.25, 0.3) is 5.91 Å². The highest BCUT2D eigenvalue weighted by atomic mass is 79.9. The molecular weight excluding hydrogens is 416 g/mol. The smallest absolute Gasteiger partial charge is 0.283 e. The number of nitrogens with one attached hydrogen (secondary N) is 1. The van der Waals surface area contributed by atoms with E-state index in [1.807, 2.05) is 12.1 Å². The number of benzene rings is 1. The number of nitrogens with zero attached hydrogens (tertiary/aromatic N) is 3. The third kappa shape index (κ3) is 3.91. The summed E-state index contributed by atoms with van der Waals surface area (Å²) in [6.45, 7) is 2.15. The fourth-order valence-electron chi connectivity index (χ4n) is 2.60. The van der Waals surface area contributed by atoms with E-state index in [-0.39, 0.29) is 11.4 Å². The molecule has 0 spiro atoms. The summed E-state index contributed by atoms with van der Waals surface area (Å²) in [5, 5.41) is 15.7. The molecule has 0 saturated heterocycles. The number of hydrogen-bond acceptors (Lipinski definition) is 5. The van der Waals surface area contributed by atoms with Crippen LogP contribution in [-0.2, 0) is 4.79 Å². The number of amides is 1. The summed E-state index contributed by atoms with van der Waals surface area (Å²) >= 11 is 4.81. The van der Waals surface area contributed by atoms with Crippen LogP contribution in [0.15, 0.2) is 38.3 Å². The summed E-state index contributed by atoms with van der Waals surface area (Å²) in [6, 6.07) is 5.47. The van der Waals surface area contributed by atoms with Crippen LogP contribution in [0.5, 0.6) is 5.75 Å². The van der Waals surface area contributed by atoms with Crippen LogP contribution in [0.4, 0.5) is 0 Å². The van der Waals surface area contributed by atoms with Gasteiger partial charge in [0.1, 0.15) is 10.8 Å². The van der Waals surface area contributed by atoms with Gasteiger partial charge in [-0.25, -0.2) is 0 Å². The second-order valence-corrected chi connectivity index (χ2v) is 7.76. The molecule has 2 aliphatic heterocycles. The van der Waals surface area contributed by atoms with Crippen molar-refractivity contribution in [2.24, 2.45) is 10.1 Å². The maximum absolute atomic E-state index is 12.4. The second-order valence-electron chi connectivity index (χ2n) is 5.86. The lowest BCUT2D eigenvalue weighted by Gasteiger charge is -2.20. The Balaban J connectivity index is 1.84. The van der Waals surface area contributed by atoms with Crippen LogP contribution in [0.2, 0.25) is 0 Å². The Bertz CT molecular complexity index is 848. The van der Waals surface area contributed by atoms with Gasteiger partial charge in [0.2, 0.25) is 5.17 Å². The molecule has 1 amide bonds. The molecule has 2 aliphatic rings. The summed E-state index contributed by atoms with van der Waals surface area (Å²) in [5.74, 6) is 0.352. The van der Waals surface area contributed by atoms with E-state index in [1.54, 1.807) is 19.3 Å². The SMILES string of the molecule is CCCCCC1=NN2C(=N)/C(=C/c3ccc(OC)c(Br)c3)C(=O)N=C2S1. The first kappa shape index (κ1) is 18.8. The Hall–Kier alpha value is -1.93. The number of methoxy groups -OCH3 is 1. The minimum absolute atomic E-state index is 0.0601. The molecule has 0 bridgehead atoms. The molecule has 1 aromatic carbocycles. The first-order chi connectivity index (χ1) is 12.5. The lowest BCUT2D eigenvalue weighted by Crippen LogP contribution is -2.35. The normalized spacial score (nSPS) is 18.1. The zero-order valence-corrected chi connectivity index (χ0v) is 17.0. The van der Waals surface area contributed by atoms with Crippen LogP contribution in [-0.4, -0.2) is 34.1 Å². The molecular formula is C18H19BrN4O2S. The maximum Gasteiger partial charge on any atom is 0.283 e. The number of carbonyl (C=O) groups excluding carboxylic acids is 1. The number of halogens is 1. The van der Waals surface area contributed by atoms with Gasteiger partial charge in [-0.15, -0.1) is 0 Å². The molecule has 0 aromatic heterocycles. The molecule has 0 atom stereocenters. The molecule has 3 rings (SSSR count). The summed E-state index contributed by atoms with van der Waals surface area (Å²) in [5.41, 5.74) is 1.01. The third-order valence-corrected chi connectivity index (χ3v) is 5.57. The van der Waals surface area contributed by atoms with Gasteiger partial charge in [-0.1, -0.05) is 25.8 Å². The van der Waals surface area contributed by atoms with Crippen molar-refractivity contribution in [3.8, 4) is 5.75 Å². The number of fused-ring (bicyclic) bond motifs is 1. The first-order valence-electron chi connectivity index (χ1n) is 8.36. The van der Waals surface area contributed by atoms with Crippen molar-refractivity contribution < 1.29 is 9.53 Å². The zero-order chi connectivity index (χ0) is 18.7. The number of unbranched alkanes of at least 4 members (excludes halogenated alkanes) is 2. The largest absolute Gasteiger partial charge is 0.496 e. The molecule has 0 fully saturated rings. The number of hydrogen-bond donors (Lipinski definition) is 1. The molecule has 136 valence electrons. The minimum Gasteiger partial charge on any atom is -0.496 e. The van der Waals surface area contributed by atoms with Crippen molar-refractivity contribution in [1.29, 1.82) is 5.41 Å². The molecule has 0 unspecified atom stereocenters. The number of aliphatic imine (C=N–C) groups is 1. The van der Waals surface area contributed by atoms with Crippen molar-refractivity contribution in [1.82, 2.24) is 5.01 Å². The average molecular weight is 435 g/mol. The van der Waals surface area contributed by atoms with Gasteiger partial charge in [0.15, 0.2) is 5.84 Å². The van der Waals surface area contributed by atoms with Crippen molar-refractivity contribution in [2.75, 3.05) is 7.11 Å². The summed E-state index contributed by atoms with van der Waals surface area (Å²) in [4.78, 5) is 16.5. The molecule has 1 aromatic rings. The second kappa shape index (κ2) is 8.18. The monoisotopic (exact) mass is 434 g/mol. The van der Waals surface area contributed by atoms with Gasteiger partial charge in [0.05, 0.1) is 17.2 Å². The zero-order valence-electron chi connectivity index (χ0n) is 14.6. The Morgan fingerprint density at radius 1 is 1.38 bits per heavy atom. The highest BCUT2D eigenvalue weighted by molar-refractivity contribution is 9.10. The fourth-order valence-corrected chi connectivity index (χ4v) is 4.08. The van der Waals surface area contributed by atoms with E-state index in [1.165, 1.54) is 16.8 Å². The number of rotatable bonds is 6. The van der Waals surface area contributed by atoms with Crippen LogP contribution in [0.25, 0.3) is 6.08 Å².